The van der Waals surface area contributed by atoms with E-state index in [1.54, 1.807) is 12.1 Å². The van der Waals surface area contributed by atoms with Crippen molar-refractivity contribution in [1.29, 1.82) is 5.26 Å². The van der Waals surface area contributed by atoms with Crippen LogP contribution < -0.4 is 5.32 Å². The molecule has 0 amide bonds. The molecule has 1 heterocycles. The summed E-state index contributed by atoms with van der Waals surface area (Å²) in [6.45, 7) is 7.33. The maximum Gasteiger partial charge on any atom is 0.194 e. The molecule has 22 heavy (non-hydrogen) atoms. The number of halogens is 1. The van der Waals surface area contributed by atoms with E-state index < -0.39 is 0 Å². The lowest BCUT2D eigenvalue weighted by Gasteiger charge is -2.33. The van der Waals surface area contributed by atoms with Crippen molar-refractivity contribution in [2.45, 2.75) is 33.2 Å². The molecule has 0 bridgehead atoms. The lowest BCUT2D eigenvalue weighted by atomic mass is 10.0. The molecular formula is C17H23FN4. The Morgan fingerprint density at radius 3 is 3.00 bits per heavy atom. The lowest BCUT2D eigenvalue weighted by Crippen LogP contribution is -2.46. The van der Waals surface area contributed by atoms with Gasteiger partial charge >= 0.3 is 0 Å². The van der Waals surface area contributed by atoms with Gasteiger partial charge in [0.15, 0.2) is 5.96 Å². The number of benzene rings is 1. The molecule has 1 aromatic rings. The zero-order valence-electron chi connectivity index (χ0n) is 13.3. The standard InChI is InChI=1S/C17H23FN4/c1-3-20-17(22-8-4-5-13(2)12-22)21-11-15-7-6-14(10-19)9-16(15)18/h6-7,9,13H,3-5,8,11-12H2,1-2H3,(H,20,21). The van der Waals surface area contributed by atoms with E-state index in [1.807, 2.05) is 13.0 Å². The Labute approximate surface area is 131 Å². The van der Waals surface area contributed by atoms with E-state index in [1.165, 1.54) is 12.5 Å². The van der Waals surface area contributed by atoms with Gasteiger partial charge in [-0.15, -0.1) is 0 Å². The Bertz CT molecular complexity index is 577. The number of nitrogens with one attached hydrogen (secondary N) is 1. The van der Waals surface area contributed by atoms with Crippen molar-refractivity contribution >= 4 is 5.96 Å². The minimum absolute atomic E-state index is 0.282. The van der Waals surface area contributed by atoms with Crippen LogP contribution in [0.4, 0.5) is 4.39 Å². The Balaban J connectivity index is 2.11. The van der Waals surface area contributed by atoms with E-state index >= 15 is 0 Å². The molecule has 4 nitrogen and oxygen atoms in total. The maximum atomic E-state index is 13.9. The highest BCUT2D eigenvalue weighted by Gasteiger charge is 2.19. The summed E-state index contributed by atoms with van der Waals surface area (Å²) in [4.78, 5) is 6.82. The minimum atomic E-state index is -0.370. The van der Waals surface area contributed by atoms with Crippen molar-refractivity contribution in [3.8, 4) is 6.07 Å². The van der Waals surface area contributed by atoms with Crippen LogP contribution in [0, 0.1) is 23.1 Å². The molecule has 1 atom stereocenters. The number of guanidine groups is 1. The van der Waals surface area contributed by atoms with Gasteiger partial charge in [0.2, 0.25) is 0 Å². The van der Waals surface area contributed by atoms with Gasteiger partial charge in [0.05, 0.1) is 18.2 Å². The van der Waals surface area contributed by atoms with Crippen LogP contribution in [0.2, 0.25) is 0 Å². The van der Waals surface area contributed by atoms with E-state index in [0.29, 0.717) is 17.0 Å². The molecule has 0 radical (unpaired) electrons. The molecule has 2 rings (SSSR count). The molecule has 0 spiro atoms. The minimum Gasteiger partial charge on any atom is -0.357 e. The summed E-state index contributed by atoms with van der Waals surface area (Å²) in [6.07, 6.45) is 2.41. The number of hydrogen-bond acceptors (Lipinski definition) is 2. The molecule has 0 aromatic heterocycles. The number of piperidine rings is 1. The third kappa shape index (κ3) is 4.20. The zero-order chi connectivity index (χ0) is 15.9. The highest BCUT2D eigenvalue weighted by molar-refractivity contribution is 5.80. The Kier molecular flexibility index (Phi) is 5.76. The molecule has 1 unspecified atom stereocenters. The first kappa shape index (κ1) is 16.3. The van der Waals surface area contributed by atoms with E-state index in [4.69, 9.17) is 5.26 Å². The molecule has 118 valence electrons. The number of rotatable bonds is 3. The number of nitriles is 1. The topological polar surface area (TPSA) is 51.4 Å². The van der Waals surface area contributed by atoms with Crippen LogP contribution in [0.5, 0.6) is 0 Å². The van der Waals surface area contributed by atoms with Crippen LogP contribution in [0.15, 0.2) is 23.2 Å². The van der Waals surface area contributed by atoms with Crippen molar-refractivity contribution < 1.29 is 4.39 Å². The number of likely N-dealkylation sites (tertiary alicyclic amines) is 1. The maximum absolute atomic E-state index is 13.9. The fourth-order valence-corrected chi connectivity index (χ4v) is 2.71. The van der Waals surface area contributed by atoms with Crippen molar-refractivity contribution in [3.63, 3.8) is 0 Å². The van der Waals surface area contributed by atoms with E-state index in [2.05, 4.69) is 22.1 Å². The average Bonchev–Trinajstić information content (AvgIpc) is 2.52. The highest BCUT2D eigenvalue weighted by atomic mass is 19.1. The highest BCUT2D eigenvalue weighted by Crippen LogP contribution is 2.16. The normalized spacial score (nSPS) is 18.9. The third-order valence-electron chi connectivity index (χ3n) is 3.87. The van der Waals surface area contributed by atoms with Crippen LogP contribution >= 0.6 is 0 Å². The summed E-state index contributed by atoms with van der Waals surface area (Å²) >= 11 is 0. The molecule has 1 aromatic carbocycles. The fourth-order valence-electron chi connectivity index (χ4n) is 2.71. The van der Waals surface area contributed by atoms with Crippen molar-refractivity contribution in [3.05, 3.63) is 35.1 Å². The molecule has 0 saturated carbocycles. The molecule has 1 N–H and O–H groups in total. The molecule has 5 heteroatoms. The van der Waals surface area contributed by atoms with E-state index in [0.717, 1.165) is 32.0 Å². The van der Waals surface area contributed by atoms with Gasteiger partial charge in [0.1, 0.15) is 5.82 Å². The first-order valence-corrected chi connectivity index (χ1v) is 7.85. The van der Waals surface area contributed by atoms with Crippen LogP contribution in [0.25, 0.3) is 0 Å². The molecule has 1 fully saturated rings. The van der Waals surface area contributed by atoms with Crippen molar-refractivity contribution in [1.82, 2.24) is 10.2 Å². The van der Waals surface area contributed by atoms with Gasteiger partial charge in [-0.1, -0.05) is 13.0 Å². The van der Waals surface area contributed by atoms with Crippen LogP contribution in [0.1, 0.15) is 37.8 Å². The van der Waals surface area contributed by atoms with Gasteiger partial charge in [-0.3, -0.25) is 0 Å². The fraction of sp³-hybridized carbons (Fsp3) is 0.529. The number of aliphatic imine (C=N–C) groups is 1. The molecular weight excluding hydrogens is 279 g/mol. The quantitative estimate of drug-likeness (QED) is 0.690. The number of hydrogen-bond donors (Lipinski definition) is 1. The lowest BCUT2D eigenvalue weighted by molar-refractivity contribution is 0.266. The van der Waals surface area contributed by atoms with Gasteiger partial charge in [-0.05, 0) is 37.8 Å². The summed E-state index contributed by atoms with van der Waals surface area (Å²) in [5.41, 5.74) is 0.849. The summed E-state index contributed by atoms with van der Waals surface area (Å²) in [5, 5.41) is 12.1. The zero-order valence-corrected chi connectivity index (χ0v) is 13.3. The van der Waals surface area contributed by atoms with Crippen LogP contribution in [-0.4, -0.2) is 30.5 Å². The molecule has 1 aliphatic heterocycles. The second kappa shape index (κ2) is 7.79. The van der Waals surface area contributed by atoms with Gasteiger partial charge in [-0.2, -0.15) is 5.26 Å². The van der Waals surface area contributed by atoms with Gasteiger partial charge in [0, 0.05) is 25.2 Å². The van der Waals surface area contributed by atoms with Gasteiger partial charge < -0.3 is 10.2 Å². The first-order chi connectivity index (χ1) is 10.6. The monoisotopic (exact) mass is 302 g/mol. The van der Waals surface area contributed by atoms with E-state index in [9.17, 15) is 4.39 Å². The molecule has 0 aliphatic carbocycles. The van der Waals surface area contributed by atoms with Crippen molar-refractivity contribution in [2.75, 3.05) is 19.6 Å². The summed E-state index contributed by atoms with van der Waals surface area (Å²) in [7, 11) is 0. The second-order valence-corrected chi connectivity index (χ2v) is 5.78. The average molecular weight is 302 g/mol. The van der Waals surface area contributed by atoms with Gasteiger partial charge in [-0.25, -0.2) is 9.38 Å². The van der Waals surface area contributed by atoms with Crippen molar-refractivity contribution in [2.24, 2.45) is 10.9 Å². The smallest absolute Gasteiger partial charge is 0.194 e. The van der Waals surface area contributed by atoms with E-state index in [-0.39, 0.29) is 12.4 Å². The number of nitrogens with zero attached hydrogens (tertiary/aromatic N) is 3. The Morgan fingerprint density at radius 1 is 1.55 bits per heavy atom. The predicted octanol–water partition coefficient (Wildman–Crippen LogP) is 2.89. The summed E-state index contributed by atoms with van der Waals surface area (Å²) in [5.74, 6) is 1.13. The molecule has 1 aliphatic rings. The van der Waals surface area contributed by atoms with Crippen LogP contribution in [0.3, 0.4) is 0 Å². The largest absolute Gasteiger partial charge is 0.357 e. The third-order valence-corrected chi connectivity index (χ3v) is 3.87. The SMILES string of the molecule is CCNC(=NCc1ccc(C#N)cc1F)N1CCCC(C)C1. The van der Waals surface area contributed by atoms with Crippen LogP contribution in [-0.2, 0) is 6.54 Å². The summed E-state index contributed by atoms with van der Waals surface area (Å²) < 4.78 is 13.9. The van der Waals surface area contributed by atoms with Gasteiger partial charge in [0.25, 0.3) is 0 Å². The second-order valence-electron chi connectivity index (χ2n) is 5.78. The molecule has 1 saturated heterocycles. The first-order valence-electron chi connectivity index (χ1n) is 7.85. The summed E-state index contributed by atoms with van der Waals surface area (Å²) in [6, 6.07) is 6.47. The Morgan fingerprint density at radius 2 is 2.36 bits per heavy atom. The Hall–Kier alpha value is -2.09. The predicted molar refractivity (Wildman–Crippen MR) is 85.9 cm³/mol.